The Kier molecular flexibility index (Phi) is 2.74. The Balaban J connectivity index is 1.93. The van der Waals surface area contributed by atoms with Crippen molar-refractivity contribution in [2.45, 2.75) is 6.92 Å². The van der Waals surface area contributed by atoms with Gasteiger partial charge in [0, 0.05) is 31.9 Å². The quantitative estimate of drug-likeness (QED) is 0.760. The second kappa shape index (κ2) is 4.44. The van der Waals surface area contributed by atoms with Crippen molar-refractivity contribution in [1.82, 2.24) is 24.5 Å². The summed E-state index contributed by atoms with van der Waals surface area (Å²) in [6, 6.07) is 1.80. The van der Waals surface area contributed by atoms with Crippen LogP contribution in [0.2, 0.25) is 0 Å². The molecule has 0 fully saturated rings. The number of rotatable bonds is 2. The lowest BCUT2D eigenvalue weighted by atomic mass is 10.2. The van der Waals surface area contributed by atoms with Gasteiger partial charge in [0.2, 0.25) is 0 Å². The van der Waals surface area contributed by atoms with Crippen LogP contribution in [-0.4, -0.2) is 30.5 Å². The van der Waals surface area contributed by atoms with Crippen LogP contribution in [0.15, 0.2) is 24.7 Å². The van der Waals surface area contributed by atoms with E-state index >= 15 is 0 Å². The number of hydrogen-bond donors (Lipinski definition) is 1. The van der Waals surface area contributed by atoms with Gasteiger partial charge in [-0.15, -0.1) is 0 Å². The first-order valence-electron chi connectivity index (χ1n) is 6.14. The fourth-order valence-corrected chi connectivity index (χ4v) is 2.12. The third-order valence-corrected chi connectivity index (χ3v) is 3.09. The molecular weight excluding hydrogens is 256 g/mol. The summed E-state index contributed by atoms with van der Waals surface area (Å²) in [5.74, 6) is -0.212. The highest BCUT2D eigenvalue weighted by Crippen LogP contribution is 2.17. The highest BCUT2D eigenvalue weighted by atomic mass is 16.1. The van der Waals surface area contributed by atoms with Crippen molar-refractivity contribution < 1.29 is 4.79 Å². The molecule has 0 saturated heterocycles. The lowest BCUT2D eigenvalue weighted by molar-refractivity contribution is 0.102. The Labute approximate surface area is 115 Å². The van der Waals surface area contributed by atoms with Gasteiger partial charge in [-0.3, -0.25) is 14.2 Å². The van der Waals surface area contributed by atoms with E-state index in [0.717, 1.165) is 16.7 Å². The third kappa shape index (κ3) is 2.03. The maximum Gasteiger partial charge on any atom is 0.257 e. The molecule has 0 spiro atoms. The van der Waals surface area contributed by atoms with E-state index in [1.54, 1.807) is 41.1 Å². The molecule has 20 heavy (non-hydrogen) atoms. The van der Waals surface area contributed by atoms with Crippen molar-refractivity contribution in [3.8, 4) is 0 Å². The Morgan fingerprint density at radius 3 is 2.80 bits per heavy atom. The summed E-state index contributed by atoms with van der Waals surface area (Å²) in [5, 5.41) is 12.0. The minimum Gasteiger partial charge on any atom is -0.319 e. The number of pyridine rings is 1. The zero-order valence-electron chi connectivity index (χ0n) is 11.5. The van der Waals surface area contributed by atoms with Gasteiger partial charge in [-0.25, -0.2) is 4.98 Å². The Hall–Kier alpha value is -2.70. The fraction of sp³-hybridized carbons (Fsp3) is 0.231. The third-order valence-electron chi connectivity index (χ3n) is 3.09. The number of hydrogen-bond acceptors (Lipinski definition) is 4. The molecule has 0 aliphatic heterocycles. The summed E-state index contributed by atoms with van der Waals surface area (Å²) in [6.45, 7) is 1.90. The van der Waals surface area contributed by atoms with Gasteiger partial charge in [0.15, 0.2) is 5.65 Å². The fourth-order valence-electron chi connectivity index (χ4n) is 2.12. The van der Waals surface area contributed by atoms with E-state index in [4.69, 9.17) is 0 Å². The van der Waals surface area contributed by atoms with Gasteiger partial charge in [-0.1, -0.05) is 0 Å². The van der Waals surface area contributed by atoms with E-state index in [0.29, 0.717) is 11.3 Å². The molecule has 0 unspecified atom stereocenters. The van der Waals surface area contributed by atoms with E-state index in [-0.39, 0.29) is 5.91 Å². The minimum absolute atomic E-state index is 0.212. The molecule has 102 valence electrons. The van der Waals surface area contributed by atoms with Crippen LogP contribution in [0.25, 0.3) is 11.0 Å². The summed E-state index contributed by atoms with van der Waals surface area (Å²) in [4.78, 5) is 16.5. The molecule has 3 aromatic heterocycles. The molecule has 1 N–H and O–H groups in total. The zero-order valence-corrected chi connectivity index (χ0v) is 11.5. The van der Waals surface area contributed by atoms with Gasteiger partial charge in [0.1, 0.15) is 0 Å². The molecule has 0 aromatic carbocycles. The topological polar surface area (TPSA) is 77.6 Å². The molecule has 0 atom stereocenters. The molecule has 0 aliphatic carbocycles. The number of nitrogens with zero attached hydrogens (tertiary/aromatic N) is 5. The second-order valence-electron chi connectivity index (χ2n) is 4.66. The lowest BCUT2D eigenvalue weighted by Gasteiger charge is -2.02. The molecule has 7 nitrogen and oxygen atoms in total. The van der Waals surface area contributed by atoms with Crippen molar-refractivity contribution in [3.05, 3.63) is 35.9 Å². The first kappa shape index (κ1) is 12.3. The number of aryl methyl sites for hydroxylation is 3. The number of fused-ring (bicyclic) bond motifs is 1. The molecule has 3 rings (SSSR count). The normalized spacial score (nSPS) is 10.9. The number of anilines is 1. The minimum atomic E-state index is -0.212. The van der Waals surface area contributed by atoms with Gasteiger partial charge < -0.3 is 5.32 Å². The smallest absolute Gasteiger partial charge is 0.257 e. The monoisotopic (exact) mass is 270 g/mol. The Morgan fingerprint density at radius 2 is 2.10 bits per heavy atom. The van der Waals surface area contributed by atoms with Crippen LogP contribution in [0.3, 0.4) is 0 Å². The molecule has 0 saturated carbocycles. The maximum atomic E-state index is 12.2. The second-order valence-corrected chi connectivity index (χ2v) is 4.66. The van der Waals surface area contributed by atoms with Crippen molar-refractivity contribution in [1.29, 1.82) is 0 Å². The average molecular weight is 270 g/mol. The Bertz CT molecular complexity index is 800. The molecule has 3 aromatic rings. The molecule has 0 aliphatic rings. The standard InChI is InChI=1S/C13H14N6O/c1-8-11-4-9(5-14-12(11)19(3)17-8)13(20)16-10-6-15-18(2)7-10/h4-7H,1-3H3,(H,16,20). The summed E-state index contributed by atoms with van der Waals surface area (Å²) < 4.78 is 3.33. The number of nitrogens with one attached hydrogen (secondary N) is 1. The average Bonchev–Trinajstić information content (AvgIpc) is 2.94. The number of carbonyl (C=O) groups is 1. The van der Waals surface area contributed by atoms with Gasteiger partial charge in [-0.05, 0) is 13.0 Å². The van der Waals surface area contributed by atoms with Crippen molar-refractivity contribution in [3.63, 3.8) is 0 Å². The lowest BCUT2D eigenvalue weighted by Crippen LogP contribution is -2.11. The van der Waals surface area contributed by atoms with Crippen LogP contribution in [0.5, 0.6) is 0 Å². The molecule has 7 heteroatoms. The largest absolute Gasteiger partial charge is 0.319 e. The molecule has 0 radical (unpaired) electrons. The highest BCUT2D eigenvalue weighted by Gasteiger charge is 2.12. The summed E-state index contributed by atoms with van der Waals surface area (Å²) in [7, 11) is 3.62. The van der Waals surface area contributed by atoms with E-state index in [9.17, 15) is 4.79 Å². The van der Waals surface area contributed by atoms with Gasteiger partial charge in [-0.2, -0.15) is 10.2 Å². The predicted octanol–water partition coefficient (Wildman–Crippen LogP) is 1.26. The van der Waals surface area contributed by atoms with Crippen LogP contribution < -0.4 is 5.32 Å². The van der Waals surface area contributed by atoms with E-state index in [1.165, 1.54) is 0 Å². The molecular formula is C13H14N6O. The molecule has 1 amide bonds. The van der Waals surface area contributed by atoms with Crippen LogP contribution in [0.1, 0.15) is 16.1 Å². The van der Waals surface area contributed by atoms with Crippen LogP contribution in [0.4, 0.5) is 5.69 Å². The van der Waals surface area contributed by atoms with Crippen LogP contribution in [0, 0.1) is 6.92 Å². The summed E-state index contributed by atoms with van der Waals surface area (Å²) in [6.07, 6.45) is 4.88. The van der Waals surface area contributed by atoms with Crippen molar-refractivity contribution in [2.24, 2.45) is 14.1 Å². The number of aromatic nitrogens is 5. The highest BCUT2D eigenvalue weighted by molar-refractivity contribution is 6.05. The van der Waals surface area contributed by atoms with Gasteiger partial charge in [0.25, 0.3) is 5.91 Å². The van der Waals surface area contributed by atoms with Gasteiger partial charge >= 0.3 is 0 Å². The Morgan fingerprint density at radius 1 is 1.30 bits per heavy atom. The SMILES string of the molecule is Cc1nn(C)c2ncc(C(=O)Nc3cnn(C)c3)cc12. The van der Waals surface area contributed by atoms with Crippen molar-refractivity contribution >= 4 is 22.6 Å². The zero-order chi connectivity index (χ0) is 14.3. The van der Waals surface area contributed by atoms with Crippen molar-refractivity contribution in [2.75, 3.05) is 5.32 Å². The van der Waals surface area contributed by atoms with Crippen LogP contribution in [-0.2, 0) is 14.1 Å². The molecule has 3 heterocycles. The van der Waals surface area contributed by atoms with E-state index in [2.05, 4.69) is 20.5 Å². The van der Waals surface area contributed by atoms with Crippen LogP contribution >= 0.6 is 0 Å². The number of carbonyl (C=O) groups excluding carboxylic acids is 1. The first-order valence-corrected chi connectivity index (χ1v) is 6.14. The summed E-state index contributed by atoms with van der Waals surface area (Å²) >= 11 is 0. The summed E-state index contributed by atoms with van der Waals surface area (Å²) in [5.41, 5.74) is 2.77. The van der Waals surface area contributed by atoms with E-state index < -0.39 is 0 Å². The molecule has 0 bridgehead atoms. The van der Waals surface area contributed by atoms with E-state index in [1.807, 2.05) is 14.0 Å². The first-order chi connectivity index (χ1) is 9.54. The maximum absolute atomic E-state index is 12.2. The number of amides is 1. The van der Waals surface area contributed by atoms with Gasteiger partial charge in [0.05, 0.1) is 23.1 Å². The predicted molar refractivity (Wildman–Crippen MR) is 74.4 cm³/mol.